The van der Waals surface area contributed by atoms with Crippen molar-refractivity contribution in [2.24, 2.45) is 0 Å². The van der Waals surface area contributed by atoms with Gasteiger partial charge in [-0.2, -0.15) is 0 Å². The number of phenolic OH excluding ortho intramolecular Hbond substituents is 1. The van der Waals surface area contributed by atoms with Crippen LogP contribution in [0.1, 0.15) is 6.92 Å². The molecule has 3 rings (SSSR count). The first-order chi connectivity index (χ1) is 12.8. The molecule has 0 saturated carbocycles. The summed E-state index contributed by atoms with van der Waals surface area (Å²) in [5.41, 5.74) is -0.928. The highest BCUT2D eigenvalue weighted by atomic mass is 16.6. The molecular weight excluding hydrogens is 364 g/mol. The molecule has 27 heavy (non-hydrogen) atoms. The van der Waals surface area contributed by atoms with Gasteiger partial charge in [0.05, 0.1) is 32.4 Å². The normalized spacial score (nSPS) is 10.1. The maximum atomic E-state index is 10.4. The van der Waals surface area contributed by atoms with E-state index in [1.165, 1.54) is 0 Å². The fourth-order valence-electron chi connectivity index (χ4n) is 2.12. The van der Waals surface area contributed by atoms with Gasteiger partial charge < -0.3 is 5.11 Å². The lowest BCUT2D eigenvalue weighted by molar-refractivity contribution is -0.404. The third kappa shape index (κ3) is 4.09. The smallest absolute Gasteiger partial charge is 0.324 e. The number of benzene rings is 2. The number of aromatic hydroxyl groups is 1. The summed E-state index contributed by atoms with van der Waals surface area (Å²) in [5.74, 6) is -1.21. The molecule has 0 bridgehead atoms. The standard InChI is InChI=1S/C8H9N3.C6H3N3O7/c1-2-11-8-6-4-3-5-7(8)9-10-11;10-6-4(8(13)14)1-3(7(11)12)2-5(6)9(15)16/h3-6H,2H2,1H3;1-2,10H. The van der Waals surface area contributed by atoms with Gasteiger partial charge in [-0.25, -0.2) is 4.68 Å². The van der Waals surface area contributed by atoms with E-state index >= 15 is 0 Å². The molecule has 0 fully saturated rings. The second kappa shape index (κ2) is 7.81. The van der Waals surface area contributed by atoms with Crippen molar-refractivity contribution in [3.8, 4) is 5.75 Å². The number of aryl methyl sites for hydroxylation is 1. The summed E-state index contributed by atoms with van der Waals surface area (Å²) in [6, 6.07) is 8.85. The van der Waals surface area contributed by atoms with E-state index in [2.05, 4.69) is 17.2 Å². The maximum absolute atomic E-state index is 10.4. The fraction of sp³-hybridized carbons (Fsp3) is 0.143. The van der Waals surface area contributed by atoms with Gasteiger partial charge in [0.1, 0.15) is 5.52 Å². The van der Waals surface area contributed by atoms with E-state index < -0.39 is 37.6 Å². The van der Waals surface area contributed by atoms with E-state index in [0.717, 1.165) is 17.6 Å². The van der Waals surface area contributed by atoms with Crippen LogP contribution in [-0.2, 0) is 6.54 Å². The molecule has 140 valence electrons. The third-order valence-electron chi connectivity index (χ3n) is 3.38. The number of nitrogens with zero attached hydrogens (tertiary/aromatic N) is 6. The van der Waals surface area contributed by atoms with Crippen LogP contribution in [0, 0.1) is 30.3 Å². The summed E-state index contributed by atoms with van der Waals surface area (Å²) in [6.07, 6.45) is 0. The van der Waals surface area contributed by atoms with Gasteiger partial charge in [0.25, 0.3) is 11.4 Å². The van der Waals surface area contributed by atoms with E-state index in [9.17, 15) is 30.3 Å². The van der Waals surface area contributed by atoms with E-state index in [1.807, 2.05) is 28.9 Å². The molecule has 1 heterocycles. The van der Waals surface area contributed by atoms with Crippen LogP contribution in [0.4, 0.5) is 17.1 Å². The van der Waals surface area contributed by atoms with Crippen molar-refractivity contribution < 1.29 is 19.9 Å². The lowest BCUT2D eigenvalue weighted by atomic mass is 10.2. The van der Waals surface area contributed by atoms with E-state index in [1.54, 1.807) is 0 Å². The number of hydrogen-bond acceptors (Lipinski definition) is 9. The Morgan fingerprint density at radius 2 is 1.56 bits per heavy atom. The van der Waals surface area contributed by atoms with Crippen molar-refractivity contribution in [2.45, 2.75) is 13.5 Å². The molecule has 0 radical (unpaired) electrons. The summed E-state index contributed by atoms with van der Waals surface area (Å²) in [4.78, 5) is 27.8. The number of phenols is 1. The lowest BCUT2D eigenvalue weighted by Crippen LogP contribution is -1.97. The molecule has 1 aromatic heterocycles. The number of fused-ring (bicyclic) bond motifs is 1. The molecule has 0 atom stereocenters. The SMILES string of the molecule is CCn1nnc2ccccc21.O=[N+]([O-])c1cc([N+](=O)[O-])c(O)c([N+](=O)[O-])c1. The summed E-state index contributed by atoms with van der Waals surface area (Å²) in [5, 5.41) is 48.2. The van der Waals surface area contributed by atoms with E-state index in [0.29, 0.717) is 12.1 Å². The predicted octanol–water partition coefficient (Wildman–Crippen LogP) is 2.57. The second-order valence-electron chi connectivity index (χ2n) is 5.00. The Labute approximate surface area is 149 Å². The van der Waals surface area contributed by atoms with E-state index in [4.69, 9.17) is 5.11 Å². The minimum absolute atomic E-state index is 0.447. The Morgan fingerprint density at radius 3 is 2.04 bits per heavy atom. The number of para-hydroxylation sites is 1. The minimum Gasteiger partial charge on any atom is -0.497 e. The van der Waals surface area contributed by atoms with Crippen molar-refractivity contribution in [3.05, 3.63) is 66.7 Å². The van der Waals surface area contributed by atoms with Crippen LogP contribution in [0.15, 0.2) is 36.4 Å². The van der Waals surface area contributed by atoms with Gasteiger partial charge in [0, 0.05) is 6.54 Å². The quantitative estimate of drug-likeness (QED) is 0.528. The number of hydrogen-bond donors (Lipinski definition) is 1. The molecule has 0 saturated heterocycles. The van der Waals surface area contributed by atoms with Gasteiger partial charge in [0.2, 0.25) is 0 Å². The van der Waals surface area contributed by atoms with Crippen LogP contribution < -0.4 is 0 Å². The monoisotopic (exact) mass is 376 g/mol. The van der Waals surface area contributed by atoms with Crippen LogP contribution in [0.5, 0.6) is 5.75 Å². The van der Waals surface area contributed by atoms with Crippen LogP contribution in [-0.4, -0.2) is 34.9 Å². The zero-order chi connectivity index (χ0) is 20.1. The third-order valence-corrected chi connectivity index (χ3v) is 3.38. The first kappa shape index (κ1) is 19.2. The molecule has 0 amide bonds. The Balaban J connectivity index is 0.000000206. The number of rotatable bonds is 4. The molecule has 0 aliphatic carbocycles. The van der Waals surface area contributed by atoms with Gasteiger partial charge in [-0.05, 0) is 19.1 Å². The highest BCUT2D eigenvalue weighted by Crippen LogP contribution is 2.38. The van der Waals surface area contributed by atoms with Gasteiger partial charge >= 0.3 is 11.4 Å². The summed E-state index contributed by atoms with van der Waals surface area (Å²) in [6.45, 7) is 2.93. The van der Waals surface area contributed by atoms with Crippen molar-refractivity contribution in [1.82, 2.24) is 15.0 Å². The Bertz CT molecular complexity index is 997. The van der Waals surface area contributed by atoms with Crippen LogP contribution >= 0.6 is 0 Å². The molecule has 0 spiro atoms. The molecule has 13 heteroatoms. The fourth-order valence-corrected chi connectivity index (χ4v) is 2.12. The van der Waals surface area contributed by atoms with E-state index in [-0.39, 0.29) is 0 Å². The lowest BCUT2D eigenvalue weighted by Gasteiger charge is -1.97. The van der Waals surface area contributed by atoms with Gasteiger partial charge in [-0.3, -0.25) is 30.3 Å². The highest BCUT2D eigenvalue weighted by molar-refractivity contribution is 5.73. The van der Waals surface area contributed by atoms with Crippen molar-refractivity contribution in [1.29, 1.82) is 0 Å². The molecule has 1 N–H and O–H groups in total. The molecular formula is C14H12N6O7. The average Bonchev–Trinajstić information content (AvgIpc) is 3.05. The summed E-state index contributed by atoms with van der Waals surface area (Å²) < 4.78 is 1.88. The van der Waals surface area contributed by atoms with Crippen LogP contribution in [0.25, 0.3) is 11.0 Å². The molecule has 0 aliphatic heterocycles. The molecule has 13 nitrogen and oxygen atoms in total. The van der Waals surface area contributed by atoms with Crippen LogP contribution in [0.2, 0.25) is 0 Å². The number of non-ortho nitro benzene ring substituents is 1. The number of nitro groups is 3. The zero-order valence-corrected chi connectivity index (χ0v) is 13.8. The Hall–Kier alpha value is -4.16. The van der Waals surface area contributed by atoms with Gasteiger partial charge in [-0.1, -0.05) is 17.3 Å². The van der Waals surface area contributed by atoms with Gasteiger partial charge in [0.15, 0.2) is 0 Å². The first-order valence-corrected chi connectivity index (χ1v) is 7.34. The van der Waals surface area contributed by atoms with Crippen molar-refractivity contribution >= 4 is 28.1 Å². The summed E-state index contributed by atoms with van der Waals surface area (Å²) >= 11 is 0. The molecule has 3 aromatic rings. The highest BCUT2D eigenvalue weighted by Gasteiger charge is 2.30. The molecule has 0 aliphatic rings. The van der Waals surface area contributed by atoms with Gasteiger partial charge in [-0.15, -0.1) is 5.10 Å². The average molecular weight is 376 g/mol. The van der Waals surface area contributed by atoms with Crippen LogP contribution in [0.3, 0.4) is 0 Å². The first-order valence-electron chi connectivity index (χ1n) is 7.34. The maximum Gasteiger partial charge on any atom is 0.324 e. The number of nitro benzene ring substituents is 3. The largest absolute Gasteiger partial charge is 0.497 e. The van der Waals surface area contributed by atoms with Crippen molar-refractivity contribution in [3.63, 3.8) is 0 Å². The molecule has 0 unspecified atom stereocenters. The Kier molecular flexibility index (Phi) is 5.55. The summed E-state index contributed by atoms with van der Waals surface area (Å²) in [7, 11) is 0. The Morgan fingerprint density at radius 1 is 1.00 bits per heavy atom. The van der Waals surface area contributed by atoms with Crippen molar-refractivity contribution in [2.75, 3.05) is 0 Å². The minimum atomic E-state index is -1.21. The zero-order valence-electron chi connectivity index (χ0n) is 13.8. The topological polar surface area (TPSA) is 180 Å². The number of aromatic nitrogens is 3. The second-order valence-corrected chi connectivity index (χ2v) is 5.00. The molecule has 2 aromatic carbocycles. The predicted molar refractivity (Wildman–Crippen MR) is 91.3 cm³/mol.